The molecule has 0 aliphatic heterocycles. The molecule has 0 saturated heterocycles. The Bertz CT molecular complexity index is 3330. The van der Waals surface area contributed by atoms with Crippen molar-refractivity contribution in [1.29, 1.82) is 0 Å². The van der Waals surface area contributed by atoms with Gasteiger partial charge in [-0.3, -0.25) is 0 Å². The Labute approximate surface area is 362 Å². The van der Waals surface area contributed by atoms with Crippen LogP contribution in [-0.2, 0) is 0 Å². The fraction of sp³-hybridized carbons (Fsp3) is 0.0164. The number of hydrogen-bond donors (Lipinski definition) is 0. The lowest BCUT2D eigenvalue weighted by molar-refractivity contribution is 1.02. The van der Waals surface area contributed by atoms with Crippen molar-refractivity contribution in [3.8, 4) is 72.4 Å². The van der Waals surface area contributed by atoms with Crippen molar-refractivity contribution in [3.63, 3.8) is 0 Å². The van der Waals surface area contributed by atoms with E-state index in [0.717, 1.165) is 5.69 Å². The molecule has 0 unspecified atom stereocenters. The third kappa shape index (κ3) is 6.17. The Hall–Kier alpha value is -8.00. The average molecular weight is 788 g/mol. The lowest BCUT2D eigenvalue weighted by Gasteiger charge is -2.17. The van der Waals surface area contributed by atoms with Crippen molar-refractivity contribution in [3.05, 3.63) is 259 Å². The van der Waals surface area contributed by atoms with Crippen molar-refractivity contribution in [1.82, 2.24) is 4.57 Å². The predicted octanol–water partition coefficient (Wildman–Crippen LogP) is 16.3. The number of para-hydroxylation sites is 2. The van der Waals surface area contributed by atoms with Gasteiger partial charge in [-0.2, -0.15) is 0 Å². The second kappa shape index (κ2) is 14.9. The first-order valence-electron chi connectivity index (χ1n) is 21.5. The molecule has 1 aromatic heterocycles. The highest BCUT2D eigenvalue weighted by molar-refractivity contribution is 6.09. The summed E-state index contributed by atoms with van der Waals surface area (Å²) in [5.41, 5.74) is 22.3. The van der Waals surface area contributed by atoms with Crippen LogP contribution in [0.5, 0.6) is 0 Å². The Balaban J connectivity index is 0.971. The second-order valence-electron chi connectivity index (χ2n) is 16.5. The SMILES string of the molecule is c1ccc(-c2cc(-c3ccc(C4c5ccccc5-c5ccccc54)cc3)cc(-c3cc(-c4ccccc4)cc(-c4ccc(-n5c6ccccc6c6ccccc65)cc4)c3)c2)cc1. The summed E-state index contributed by atoms with van der Waals surface area (Å²) in [6.07, 6.45) is 0. The highest BCUT2D eigenvalue weighted by atomic mass is 15.0. The Kier molecular flexibility index (Phi) is 8.64. The molecule has 1 aliphatic rings. The molecule has 0 saturated carbocycles. The Morgan fingerprint density at radius 3 is 1.05 bits per heavy atom. The normalized spacial score (nSPS) is 12.1. The molecule has 0 amide bonds. The molecule has 11 aromatic rings. The van der Waals surface area contributed by atoms with Crippen LogP contribution in [0.15, 0.2) is 243 Å². The van der Waals surface area contributed by atoms with Gasteiger partial charge in [0.1, 0.15) is 0 Å². The quantitative estimate of drug-likeness (QED) is 0.152. The molecule has 62 heavy (non-hydrogen) atoms. The highest BCUT2D eigenvalue weighted by Crippen LogP contribution is 2.48. The molecule has 0 atom stereocenters. The van der Waals surface area contributed by atoms with Gasteiger partial charge in [0.15, 0.2) is 0 Å². The molecule has 0 radical (unpaired) electrons. The summed E-state index contributed by atoms with van der Waals surface area (Å²) >= 11 is 0. The van der Waals surface area contributed by atoms with Crippen LogP contribution < -0.4 is 0 Å². The highest BCUT2D eigenvalue weighted by Gasteiger charge is 2.29. The molecule has 1 heterocycles. The zero-order chi connectivity index (χ0) is 41.0. The largest absolute Gasteiger partial charge is 0.309 e. The van der Waals surface area contributed by atoms with Crippen LogP contribution in [-0.4, -0.2) is 4.57 Å². The number of aromatic nitrogens is 1. The number of fused-ring (bicyclic) bond motifs is 6. The zero-order valence-corrected chi connectivity index (χ0v) is 34.1. The van der Waals surface area contributed by atoms with Crippen LogP contribution >= 0.6 is 0 Å². The molecule has 290 valence electrons. The van der Waals surface area contributed by atoms with Gasteiger partial charge < -0.3 is 4.57 Å². The smallest absolute Gasteiger partial charge is 0.0541 e. The maximum Gasteiger partial charge on any atom is 0.0541 e. The maximum atomic E-state index is 2.38. The van der Waals surface area contributed by atoms with Gasteiger partial charge in [0.25, 0.3) is 0 Å². The van der Waals surface area contributed by atoms with Crippen LogP contribution in [0.25, 0.3) is 94.3 Å². The first kappa shape index (κ1) is 35.9. The molecule has 0 spiro atoms. The number of hydrogen-bond acceptors (Lipinski definition) is 0. The van der Waals surface area contributed by atoms with Crippen molar-refractivity contribution < 1.29 is 0 Å². The topological polar surface area (TPSA) is 4.93 Å². The van der Waals surface area contributed by atoms with Gasteiger partial charge in [0.05, 0.1) is 11.0 Å². The molecular formula is C61H41N. The minimum absolute atomic E-state index is 0.220. The van der Waals surface area contributed by atoms with Gasteiger partial charge in [-0.1, -0.05) is 182 Å². The fourth-order valence-corrected chi connectivity index (χ4v) is 9.90. The summed E-state index contributed by atoms with van der Waals surface area (Å²) in [5.74, 6) is 0.220. The van der Waals surface area contributed by atoms with E-state index in [1.165, 1.54) is 105 Å². The van der Waals surface area contributed by atoms with Crippen LogP contribution in [0.4, 0.5) is 0 Å². The molecule has 1 aliphatic carbocycles. The van der Waals surface area contributed by atoms with E-state index in [-0.39, 0.29) is 5.92 Å². The summed E-state index contributed by atoms with van der Waals surface area (Å²) in [6.45, 7) is 0. The van der Waals surface area contributed by atoms with Crippen molar-refractivity contribution in [2.75, 3.05) is 0 Å². The monoisotopic (exact) mass is 787 g/mol. The fourth-order valence-electron chi connectivity index (χ4n) is 9.90. The summed E-state index contributed by atoms with van der Waals surface area (Å²) in [7, 11) is 0. The Morgan fingerprint density at radius 2 is 0.597 bits per heavy atom. The van der Waals surface area contributed by atoms with Crippen LogP contribution in [0.2, 0.25) is 0 Å². The van der Waals surface area contributed by atoms with E-state index >= 15 is 0 Å². The summed E-state index contributed by atoms with van der Waals surface area (Å²) < 4.78 is 2.38. The van der Waals surface area contributed by atoms with Crippen LogP contribution in [0.1, 0.15) is 22.6 Å². The third-order valence-electron chi connectivity index (χ3n) is 12.9. The van der Waals surface area contributed by atoms with E-state index in [1.54, 1.807) is 0 Å². The maximum absolute atomic E-state index is 2.38. The summed E-state index contributed by atoms with van der Waals surface area (Å²) in [5, 5.41) is 2.54. The number of nitrogens with zero attached hydrogens (tertiary/aromatic N) is 1. The molecule has 1 nitrogen and oxygen atoms in total. The summed E-state index contributed by atoms with van der Waals surface area (Å²) in [4.78, 5) is 0. The number of benzene rings is 10. The minimum atomic E-state index is 0.220. The number of rotatable bonds is 7. The van der Waals surface area contributed by atoms with Gasteiger partial charge in [-0.25, -0.2) is 0 Å². The lowest BCUT2D eigenvalue weighted by Crippen LogP contribution is -1.99. The first-order chi connectivity index (χ1) is 30.7. The van der Waals surface area contributed by atoms with Gasteiger partial charge in [-0.05, 0) is 144 Å². The lowest BCUT2D eigenvalue weighted by atomic mass is 9.87. The van der Waals surface area contributed by atoms with E-state index < -0.39 is 0 Å². The molecule has 0 N–H and O–H groups in total. The van der Waals surface area contributed by atoms with Crippen molar-refractivity contribution in [2.45, 2.75) is 5.92 Å². The molecule has 0 bridgehead atoms. The van der Waals surface area contributed by atoms with E-state index in [0.29, 0.717) is 0 Å². The predicted molar refractivity (Wildman–Crippen MR) is 261 cm³/mol. The van der Waals surface area contributed by atoms with E-state index in [2.05, 4.69) is 247 Å². The average Bonchev–Trinajstić information content (AvgIpc) is 3.87. The van der Waals surface area contributed by atoms with Crippen molar-refractivity contribution >= 4 is 21.8 Å². The third-order valence-corrected chi connectivity index (χ3v) is 12.9. The molecular weight excluding hydrogens is 747 g/mol. The second-order valence-corrected chi connectivity index (χ2v) is 16.5. The molecule has 0 fully saturated rings. The Morgan fingerprint density at radius 1 is 0.258 bits per heavy atom. The van der Waals surface area contributed by atoms with Crippen molar-refractivity contribution in [2.24, 2.45) is 0 Å². The molecule has 12 rings (SSSR count). The molecule has 10 aromatic carbocycles. The first-order valence-corrected chi connectivity index (χ1v) is 21.5. The van der Waals surface area contributed by atoms with E-state index in [9.17, 15) is 0 Å². The van der Waals surface area contributed by atoms with Gasteiger partial charge >= 0.3 is 0 Å². The van der Waals surface area contributed by atoms with Crippen LogP contribution in [0.3, 0.4) is 0 Å². The summed E-state index contributed by atoms with van der Waals surface area (Å²) in [6, 6.07) is 89.3. The van der Waals surface area contributed by atoms with E-state index in [4.69, 9.17) is 0 Å². The zero-order valence-electron chi connectivity index (χ0n) is 34.1. The van der Waals surface area contributed by atoms with E-state index in [1.807, 2.05) is 0 Å². The molecule has 1 heteroatoms. The van der Waals surface area contributed by atoms with Crippen LogP contribution in [0, 0.1) is 0 Å². The standard InChI is InChI=1S/C61H41N/c1-3-15-41(16-4-1)46-35-48(43-27-29-45(30-28-43)61-57-23-9-7-19-53(57)54-20-8-10-24-58(54)61)39-50(37-46)51-38-47(42-17-5-2-6-18-42)36-49(40-51)44-31-33-52(34-32-44)62-59-25-13-11-21-55(59)56-22-12-14-26-60(56)62/h1-40,61H. The van der Waals surface area contributed by atoms with Gasteiger partial charge in [-0.15, -0.1) is 0 Å². The minimum Gasteiger partial charge on any atom is -0.309 e. The van der Waals surface area contributed by atoms with Gasteiger partial charge in [0, 0.05) is 22.4 Å². The van der Waals surface area contributed by atoms with Gasteiger partial charge in [0.2, 0.25) is 0 Å².